The molecule has 0 heterocycles. The van der Waals surface area contributed by atoms with E-state index in [-0.39, 0.29) is 5.56 Å². The fraction of sp³-hybridized carbons (Fsp3) is 0.133. The van der Waals surface area contributed by atoms with Crippen LogP contribution in [-0.4, -0.2) is 25.3 Å². The lowest BCUT2D eigenvalue weighted by Gasteiger charge is -2.10. The molecule has 0 aliphatic heterocycles. The van der Waals surface area contributed by atoms with Gasteiger partial charge in [-0.3, -0.25) is 0 Å². The van der Waals surface area contributed by atoms with Crippen LogP contribution in [-0.2, 0) is 0 Å². The van der Waals surface area contributed by atoms with Gasteiger partial charge in [-0.2, -0.15) is 0 Å². The quantitative estimate of drug-likeness (QED) is 0.915. The highest BCUT2D eigenvalue weighted by atomic mass is 16.5. The van der Waals surface area contributed by atoms with E-state index < -0.39 is 5.97 Å². The molecule has 0 aliphatic rings. The van der Waals surface area contributed by atoms with Crippen molar-refractivity contribution in [3.05, 3.63) is 48.0 Å². The molecule has 0 unspecified atom stereocenters. The van der Waals surface area contributed by atoms with E-state index in [1.807, 2.05) is 18.2 Å². The van der Waals surface area contributed by atoms with E-state index in [0.717, 1.165) is 11.1 Å². The third-order valence-electron chi connectivity index (χ3n) is 2.83. The van der Waals surface area contributed by atoms with Crippen LogP contribution in [0.1, 0.15) is 10.4 Å². The molecule has 0 saturated heterocycles. The molecule has 0 radical (unpaired) electrons. The largest absolute Gasteiger partial charge is 0.493 e. The highest BCUT2D eigenvalue weighted by molar-refractivity contribution is 5.89. The molecule has 98 valence electrons. The second-order valence-electron chi connectivity index (χ2n) is 3.96. The summed E-state index contributed by atoms with van der Waals surface area (Å²) in [6, 6.07) is 12.2. The van der Waals surface area contributed by atoms with Gasteiger partial charge >= 0.3 is 5.97 Å². The molecular weight excluding hydrogens is 244 g/mol. The summed E-state index contributed by atoms with van der Waals surface area (Å²) in [6.45, 7) is 0. The summed E-state index contributed by atoms with van der Waals surface area (Å²) in [5, 5.41) is 8.99. The minimum Gasteiger partial charge on any atom is -0.493 e. The second kappa shape index (κ2) is 5.44. The van der Waals surface area contributed by atoms with Crippen LogP contribution < -0.4 is 9.47 Å². The average molecular weight is 258 g/mol. The molecule has 2 aromatic rings. The Morgan fingerprint density at radius 2 is 1.63 bits per heavy atom. The zero-order valence-electron chi connectivity index (χ0n) is 10.7. The van der Waals surface area contributed by atoms with Gasteiger partial charge in [0, 0.05) is 0 Å². The summed E-state index contributed by atoms with van der Waals surface area (Å²) in [5.74, 6) is 0.309. The molecule has 4 nitrogen and oxygen atoms in total. The van der Waals surface area contributed by atoms with Gasteiger partial charge in [-0.25, -0.2) is 4.79 Å². The maximum Gasteiger partial charge on any atom is 0.335 e. The number of aromatic carboxylic acids is 1. The van der Waals surface area contributed by atoms with Crippen molar-refractivity contribution < 1.29 is 19.4 Å². The summed E-state index contributed by atoms with van der Waals surface area (Å²) < 4.78 is 10.4. The zero-order chi connectivity index (χ0) is 13.8. The number of hydrogen-bond donors (Lipinski definition) is 1. The van der Waals surface area contributed by atoms with E-state index in [1.165, 1.54) is 0 Å². The third kappa shape index (κ3) is 2.68. The lowest BCUT2D eigenvalue weighted by atomic mass is 10.0. The Kier molecular flexibility index (Phi) is 3.71. The fourth-order valence-electron chi connectivity index (χ4n) is 1.85. The van der Waals surface area contributed by atoms with E-state index >= 15 is 0 Å². The van der Waals surface area contributed by atoms with Gasteiger partial charge in [-0.15, -0.1) is 0 Å². The van der Waals surface area contributed by atoms with Gasteiger partial charge < -0.3 is 14.6 Å². The Hall–Kier alpha value is -2.49. The maximum atomic E-state index is 11.0. The molecular formula is C15H14O4. The molecule has 0 saturated carbocycles. The van der Waals surface area contributed by atoms with Crippen LogP contribution in [0.2, 0.25) is 0 Å². The van der Waals surface area contributed by atoms with Crippen LogP contribution in [0.4, 0.5) is 0 Å². The summed E-state index contributed by atoms with van der Waals surface area (Å²) in [4.78, 5) is 11.0. The number of benzene rings is 2. The second-order valence-corrected chi connectivity index (χ2v) is 3.96. The molecule has 2 aromatic carbocycles. The summed E-state index contributed by atoms with van der Waals surface area (Å²) in [5.41, 5.74) is 1.95. The summed E-state index contributed by atoms with van der Waals surface area (Å²) in [7, 11) is 3.14. The van der Waals surface area contributed by atoms with Crippen molar-refractivity contribution in [3.63, 3.8) is 0 Å². The summed E-state index contributed by atoms with van der Waals surface area (Å²) in [6.07, 6.45) is 0. The number of ether oxygens (including phenoxy) is 2. The van der Waals surface area contributed by atoms with E-state index in [2.05, 4.69) is 0 Å². The number of rotatable bonds is 4. The highest BCUT2D eigenvalue weighted by Gasteiger charge is 2.08. The van der Waals surface area contributed by atoms with E-state index in [1.54, 1.807) is 38.5 Å². The topological polar surface area (TPSA) is 55.8 Å². The number of hydrogen-bond acceptors (Lipinski definition) is 3. The van der Waals surface area contributed by atoms with Crippen LogP contribution in [0.25, 0.3) is 11.1 Å². The minimum absolute atomic E-state index is 0.257. The van der Waals surface area contributed by atoms with Gasteiger partial charge in [0.2, 0.25) is 0 Å². The first kappa shape index (κ1) is 13.0. The molecule has 4 heteroatoms. The third-order valence-corrected chi connectivity index (χ3v) is 2.83. The molecule has 0 bridgehead atoms. The van der Waals surface area contributed by atoms with Crippen molar-refractivity contribution in [1.29, 1.82) is 0 Å². The number of carboxylic acids is 1. The minimum atomic E-state index is -0.942. The van der Waals surface area contributed by atoms with Crippen molar-refractivity contribution in [2.75, 3.05) is 14.2 Å². The monoisotopic (exact) mass is 258 g/mol. The van der Waals surface area contributed by atoms with E-state index in [4.69, 9.17) is 14.6 Å². The number of carbonyl (C=O) groups is 1. The molecule has 19 heavy (non-hydrogen) atoms. The first-order chi connectivity index (χ1) is 9.15. The summed E-state index contributed by atoms with van der Waals surface area (Å²) >= 11 is 0. The molecule has 1 N–H and O–H groups in total. The Bertz CT molecular complexity index is 605. The van der Waals surface area contributed by atoms with Gasteiger partial charge in [0.15, 0.2) is 11.5 Å². The zero-order valence-corrected chi connectivity index (χ0v) is 10.7. The fourth-order valence-corrected chi connectivity index (χ4v) is 1.85. The van der Waals surface area contributed by atoms with Crippen LogP contribution in [0.3, 0.4) is 0 Å². The van der Waals surface area contributed by atoms with Gasteiger partial charge in [0.25, 0.3) is 0 Å². The van der Waals surface area contributed by atoms with Crippen molar-refractivity contribution in [2.45, 2.75) is 0 Å². The maximum absolute atomic E-state index is 11.0. The lowest BCUT2D eigenvalue weighted by Crippen LogP contribution is -1.96. The van der Waals surface area contributed by atoms with Crippen LogP contribution in [0.15, 0.2) is 42.5 Å². The van der Waals surface area contributed by atoms with Crippen molar-refractivity contribution >= 4 is 5.97 Å². The highest BCUT2D eigenvalue weighted by Crippen LogP contribution is 2.32. The Labute approximate surface area is 111 Å². The normalized spacial score (nSPS) is 10.0. The van der Waals surface area contributed by atoms with Crippen molar-refractivity contribution in [1.82, 2.24) is 0 Å². The van der Waals surface area contributed by atoms with Crippen molar-refractivity contribution in [3.8, 4) is 22.6 Å². The van der Waals surface area contributed by atoms with Gasteiger partial charge in [0.05, 0.1) is 19.8 Å². The van der Waals surface area contributed by atoms with Crippen LogP contribution in [0, 0.1) is 0 Å². The van der Waals surface area contributed by atoms with Gasteiger partial charge in [0.1, 0.15) is 0 Å². The molecule has 0 fully saturated rings. The number of carboxylic acid groups (broad SMARTS) is 1. The molecule has 0 amide bonds. The molecule has 0 atom stereocenters. The predicted octanol–water partition coefficient (Wildman–Crippen LogP) is 3.07. The van der Waals surface area contributed by atoms with E-state index in [9.17, 15) is 4.79 Å². The van der Waals surface area contributed by atoms with Crippen LogP contribution >= 0.6 is 0 Å². The molecule has 2 rings (SSSR count). The predicted molar refractivity (Wildman–Crippen MR) is 71.9 cm³/mol. The van der Waals surface area contributed by atoms with E-state index in [0.29, 0.717) is 11.5 Å². The molecule has 0 spiro atoms. The van der Waals surface area contributed by atoms with Crippen LogP contribution in [0.5, 0.6) is 11.5 Å². The standard InChI is InChI=1S/C15H14O4/c1-18-13-7-6-11(9-14(13)19-2)10-4-3-5-12(8-10)15(16)17/h3-9H,1-2H3,(H,16,17). The lowest BCUT2D eigenvalue weighted by molar-refractivity contribution is 0.0697. The van der Waals surface area contributed by atoms with Crippen molar-refractivity contribution in [2.24, 2.45) is 0 Å². The Balaban J connectivity index is 2.47. The first-order valence-electron chi connectivity index (χ1n) is 5.71. The average Bonchev–Trinajstić information content (AvgIpc) is 2.46. The van der Waals surface area contributed by atoms with Gasteiger partial charge in [-0.05, 0) is 35.4 Å². The SMILES string of the molecule is COc1ccc(-c2cccc(C(=O)O)c2)cc1OC. The smallest absolute Gasteiger partial charge is 0.335 e. The van der Waals surface area contributed by atoms with Gasteiger partial charge in [-0.1, -0.05) is 18.2 Å². The number of methoxy groups -OCH3 is 2. The Morgan fingerprint density at radius 1 is 0.947 bits per heavy atom. The molecule has 0 aromatic heterocycles. The first-order valence-corrected chi connectivity index (χ1v) is 5.71. The molecule has 0 aliphatic carbocycles. The Morgan fingerprint density at radius 3 is 2.26 bits per heavy atom.